The van der Waals surface area contributed by atoms with E-state index in [4.69, 9.17) is 5.11 Å². The molecule has 0 heterocycles. The fraction of sp³-hybridized carbons (Fsp3) is 0.444. The number of aliphatic carboxylic acids is 1. The molecule has 0 aromatic carbocycles. The van der Waals surface area contributed by atoms with Crippen molar-refractivity contribution in [3.05, 3.63) is 12.2 Å². The molecule has 0 radical (unpaired) electrons. The molecule has 0 spiro atoms. The minimum atomic E-state index is -1.40. The Hall–Kier alpha value is -1.45. The highest BCUT2D eigenvalue weighted by molar-refractivity contribution is 6.32. The van der Waals surface area contributed by atoms with Crippen LogP contribution in [0.15, 0.2) is 12.2 Å². The monoisotopic (exact) mass is 182 g/mol. The number of carboxylic acids is 1. The molecule has 13 heavy (non-hydrogen) atoms. The minimum absolute atomic E-state index is 0.000880. The molecular weight excluding hydrogens is 172 g/mol. The maximum absolute atomic E-state index is 10.8. The van der Waals surface area contributed by atoms with Gasteiger partial charge in [-0.05, 0) is 18.4 Å². The molecule has 1 aliphatic rings. The Labute approximate surface area is 75.2 Å². The Morgan fingerprint density at radius 1 is 1.54 bits per heavy atom. The molecule has 0 amide bonds. The lowest BCUT2D eigenvalue weighted by atomic mass is 9.91. The summed E-state index contributed by atoms with van der Waals surface area (Å²) >= 11 is 0. The zero-order valence-corrected chi connectivity index (χ0v) is 7.03. The van der Waals surface area contributed by atoms with E-state index in [0.29, 0.717) is 12.8 Å². The molecule has 0 bridgehead atoms. The van der Waals surface area contributed by atoms with Gasteiger partial charge in [0.05, 0.1) is 0 Å². The summed E-state index contributed by atoms with van der Waals surface area (Å²) in [4.78, 5) is 31.7. The number of carbonyl (C=O) groups is 3. The standard InChI is InChI=1S/C9H10O4/c10-7-3-1-6(2-4-7)5-8(11)9(12)13/h1,3,6H,2,4-5H2,(H,12,13). The fourth-order valence-electron chi connectivity index (χ4n) is 1.25. The third-order valence-electron chi connectivity index (χ3n) is 2.00. The van der Waals surface area contributed by atoms with Gasteiger partial charge in [0.1, 0.15) is 0 Å². The minimum Gasteiger partial charge on any atom is -0.476 e. The number of allylic oxidation sites excluding steroid dienone is 2. The van der Waals surface area contributed by atoms with Crippen molar-refractivity contribution in [1.82, 2.24) is 0 Å². The van der Waals surface area contributed by atoms with Gasteiger partial charge < -0.3 is 5.11 Å². The number of rotatable bonds is 3. The smallest absolute Gasteiger partial charge is 0.372 e. The lowest BCUT2D eigenvalue weighted by Crippen LogP contribution is -2.18. The first kappa shape index (κ1) is 9.64. The first-order chi connectivity index (χ1) is 6.09. The van der Waals surface area contributed by atoms with Gasteiger partial charge in [-0.1, -0.05) is 6.08 Å². The zero-order valence-electron chi connectivity index (χ0n) is 7.03. The molecule has 0 aromatic heterocycles. The molecule has 4 nitrogen and oxygen atoms in total. The average molecular weight is 182 g/mol. The van der Waals surface area contributed by atoms with E-state index in [0.717, 1.165) is 0 Å². The number of carbonyl (C=O) groups excluding carboxylic acids is 2. The molecule has 1 unspecified atom stereocenters. The highest BCUT2D eigenvalue weighted by Gasteiger charge is 2.19. The maximum Gasteiger partial charge on any atom is 0.372 e. The molecule has 1 aliphatic carbocycles. The van der Waals surface area contributed by atoms with Gasteiger partial charge in [0.25, 0.3) is 0 Å². The predicted octanol–water partition coefficient (Wildman–Crippen LogP) is 0.566. The maximum atomic E-state index is 10.8. The van der Waals surface area contributed by atoms with Crippen LogP contribution in [-0.2, 0) is 14.4 Å². The van der Waals surface area contributed by atoms with E-state index in [1.807, 2.05) is 0 Å². The van der Waals surface area contributed by atoms with Crippen molar-refractivity contribution in [3.63, 3.8) is 0 Å². The Morgan fingerprint density at radius 3 is 2.69 bits per heavy atom. The molecule has 0 aromatic rings. The van der Waals surface area contributed by atoms with Crippen LogP contribution in [0.5, 0.6) is 0 Å². The third-order valence-corrected chi connectivity index (χ3v) is 2.00. The summed E-state index contributed by atoms with van der Waals surface area (Å²) in [5, 5.41) is 8.32. The molecule has 1 rings (SSSR count). The molecule has 0 saturated carbocycles. The first-order valence-electron chi connectivity index (χ1n) is 4.06. The van der Waals surface area contributed by atoms with E-state index < -0.39 is 11.8 Å². The van der Waals surface area contributed by atoms with Gasteiger partial charge >= 0.3 is 5.97 Å². The lowest BCUT2D eigenvalue weighted by molar-refractivity contribution is -0.149. The predicted molar refractivity (Wildman–Crippen MR) is 44.1 cm³/mol. The van der Waals surface area contributed by atoms with Crippen molar-refractivity contribution in [1.29, 1.82) is 0 Å². The van der Waals surface area contributed by atoms with Gasteiger partial charge in [0.15, 0.2) is 5.78 Å². The second-order valence-corrected chi connectivity index (χ2v) is 3.06. The molecule has 1 atom stereocenters. The molecule has 1 N–H and O–H groups in total. The van der Waals surface area contributed by atoms with Gasteiger partial charge in [-0.2, -0.15) is 0 Å². The quantitative estimate of drug-likeness (QED) is 0.647. The fourth-order valence-corrected chi connectivity index (χ4v) is 1.25. The Bertz CT molecular complexity index is 277. The zero-order chi connectivity index (χ0) is 9.84. The van der Waals surface area contributed by atoms with Crippen LogP contribution in [0.3, 0.4) is 0 Å². The summed E-state index contributed by atoms with van der Waals surface area (Å²) in [6.07, 6.45) is 4.03. The van der Waals surface area contributed by atoms with E-state index >= 15 is 0 Å². The summed E-state index contributed by atoms with van der Waals surface area (Å²) in [6.45, 7) is 0. The SMILES string of the molecule is O=C1C=CC(CC(=O)C(=O)O)CC1. The summed E-state index contributed by atoms with van der Waals surface area (Å²) in [7, 11) is 0. The number of hydrogen-bond donors (Lipinski definition) is 1. The van der Waals surface area contributed by atoms with Crippen LogP contribution in [0.1, 0.15) is 19.3 Å². The van der Waals surface area contributed by atoms with Crippen LogP contribution in [0.4, 0.5) is 0 Å². The third kappa shape index (κ3) is 2.82. The van der Waals surface area contributed by atoms with Crippen LogP contribution in [-0.4, -0.2) is 22.6 Å². The molecule has 0 aliphatic heterocycles. The number of Topliss-reactive ketones (excluding diaryl/α,β-unsaturated/α-hetero) is 1. The van der Waals surface area contributed by atoms with E-state index in [2.05, 4.69) is 0 Å². The van der Waals surface area contributed by atoms with Crippen molar-refractivity contribution < 1.29 is 19.5 Å². The summed E-state index contributed by atoms with van der Waals surface area (Å²) < 4.78 is 0. The second kappa shape index (κ2) is 3.98. The van der Waals surface area contributed by atoms with Crippen LogP contribution in [0.2, 0.25) is 0 Å². The number of carboxylic acid groups (broad SMARTS) is 1. The van der Waals surface area contributed by atoms with Gasteiger partial charge in [-0.3, -0.25) is 9.59 Å². The van der Waals surface area contributed by atoms with Crippen LogP contribution < -0.4 is 0 Å². The largest absolute Gasteiger partial charge is 0.476 e. The van der Waals surface area contributed by atoms with Gasteiger partial charge in [0.2, 0.25) is 5.78 Å². The molecule has 0 fully saturated rings. The number of ketones is 2. The van der Waals surface area contributed by atoms with Crippen LogP contribution >= 0.6 is 0 Å². The molecule has 4 heteroatoms. The van der Waals surface area contributed by atoms with E-state index in [1.165, 1.54) is 6.08 Å². The highest BCUT2D eigenvalue weighted by atomic mass is 16.4. The van der Waals surface area contributed by atoms with Gasteiger partial charge in [-0.15, -0.1) is 0 Å². The van der Waals surface area contributed by atoms with E-state index in [-0.39, 0.29) is 18.1 Å². The van der Waals surface area contributed by atoms with Crippen LogP contribution in [0.25, 0.3) is 0 Å². The van der Waals surface area contributed by atoms with Crippen LogP contribution in [0, 0.1) is 5.92 Å². The van der Waals surface area contributed by atoms with E-state index in [1.54, 1.807) is 6.08 Å². The topological polar surface area (TPSA) is 71.4 Å². The summed E-state index contributed by atoms with van der Waals surface area (Å²) in [5.74, 6) is -2.23. The second-order valence-electron chi connectivity index (χ2n) is 3.06. The van der Waals surface area contributed by atoms with E-state index in [9.17, 15) is 14.4 Å². The van der Waals surface area contributed by atoms with Crippen molar-refractivity contribution in [2.75, 3.05) is 0 Å². The van der Waals surface area contributed by atoms with Crippen molar-refractivity contribution >= 4 is 17.5 Å². The molecule has 70 valence electrons. The Balaban J connectivity index is 2.47. The van der Waals surface area contributed by atoms with Gasteiger partial charge in [-0.25, -0.2) is 4.79 Å². The Morgan fingerprint density at radius 2 is 2.23 bits per heavy atom. The lowest BCUT2D eigenvalue weighted by Gasteiger charge is -2.12. The average Bonchev–Trinajstić information content (AvgIpc) is 2.08. The molecular formula is C9H10O4. The highest BCUT2D eigenvalue weighted by Crippen LogP contribution is 2.18. The van der Waals surface area contributed by atoms with Gasteiger partial charge in [0, 0.05) is 12.8 Å². The summed E-state index contributed by atoms with van der Waals surface area (Å²) in [6, 6.07) is 0. The normalized spacial score (nSPS) is 21.5. The summed E-state index contributed by atoms with van der Waals surface area (Å²) in [5.41, 5.74) is 0. The van der Waals surface area contributed by atoms with Crippen molar-refractivity contribution in [3.8, 4) is 0 Å². The first-order valence-corrected chi connectivity index (χ1v) is 4.06. The Kier molecular flexibility index (Phi) is 2.95. The van der Waals surface area contributed by atoms with Crippen molar-refractivity contribution in [2.45, 2.75) is 19.3 Å². The molecule has 0 saturated heterocycles. The number of hydrogen-bond acceptors (Lipinski definition) is 3. The van der Waals surface area contributed by atoms with Crippen molar-refractivity contribution in [2.24, 2.45) is 5.92 Å².